The summed E-state index contributed by atoms with van der Waals surface area (Å²) in [5.74, 6) is -0.853. The van der Waals surface area contributed by atoms with Crippen LogP contribution in [0.5, 0.6) is 0 Å². The topological polar surface area (TPSA) is 105 Å². The van der Waals surface area contributed by atoms with E-state index >= 15 is 0 Å². The largest absolute Gasteiger partial charge is 0.462 e. The molecule has 0 aliphatic heterocycles. The van der Waals surface area contributed by atoms with Gasteiger partial charge in [-0.15, -0.1) is 0 Å². The number of esters is 1. The van der Waals surface area contributed by atoms with Gasteiger partial charge in [0.25, 0.3) is 5.69 Å². The Labute approximate surface area is 140 Å². The number of carbonyl (C=O) groups is 1. The van der Waals surface area contributed by atoms with Gasteiger partial charge in [-0.3, -0.25) is 14.7 Å². The van der Waals surface area contributed by atoms with Crippen molar-refractivity contribution < 1.29 is 28.1 Å². The molecule has 0 aliphatic rings. The number of hydrogen-bond acceptors (Lipinski definition) is 7. The smallest absolute Gasteiger partial charge is 0.368 e. The van der Waals surface area contributed by atoms with Gasteiger partial charge < -0.3 is 13.8 Å². The summed E-state index contributed by atoms with van der Waals surface area (Å²) < 4.78 is 28.2. The highest BCUT2D eigenvalue weighted by Crippen LogP contribution is 2.57. The van der Waals surface area contributed by atoms with Gasteiger partial charge >= 0.3 is 13.6 Å². The summed E-state index contributed by atoms with van der Waals surface area (Å²) in [6.45, 7) is 5.02. The minimum Gasteiger partial charge on any atom is -0.462 e. The van der Waals surface area contributed by atoms with Crippen LogP contribution in [-0.4, -0.2) is 30.7 Å². The molecule has 0 heterocycles. The van der Waals surface area contributed by atoms with Crippen LogP contribution in [-0.2, 0) is 23.1 Å². The molecule has 0 fully saturated rings. The molecule has 9 heteroatoms. The molecule has 0 radical (unpaired) electrons. The number of nitro groups is 1. The van der Waals surface area contributed by atoms with Crippen LogP contribution in [0.1, 0.15) is 26.3 Å². The van der Waals surface area contributed by atoms with Crippen LogP contribution >= 0.6 is 7.60 Å². The van der Waals surface area contributed by atoms with Gasteiger partial charge in [0, 0.05) is 12.1 Å². The second-order valence-electron chi connectivity index (χ2n) is 4.44. The third kappa shape index (κ3) is 5.26. The van der Waals surface area contributed by atoms with Crippen molar-refractivity contribution in [2.24, 2.45) is 0 Å². The average molecular weight is 357 g/mol. The van der Waals surface area contributed by atoms with Crippen molar-refractivity contribution in [3.63, 3.8) is 0 Å². The van der Waals surface area contributed by atoms with Gasteiger partial charge in [-0.2, -0.15) is 0 Å². The van der Waals surface area contributed by atoms with Gasteiger partial charge in [0.1, 0.15) is 5.31 Å². The van der Waals surface area contributed by atoms with Crippen LogP contribution in [0.2, 0.25) is 0 Å². The standard InChI is InChI=1S/C15H20NO7P/c1-4-21-15(17)14(24(20,22-5-2)23-6-3)11-12-8-7-9-13(10-12)16(18)19/h7-11H,4-6H2,1-3H3/b14-11-. The summed E-state index contributed by atoms with van der Waals surface area (Å²) in [4.78, 5) is 22.5. The van der Waals surface area contributed by atoms with E-state index < -0.39 is 18.5 Å². The number of ether oxygens (including phenoxy) is 1. The number of rotatable bonds is 9. The lowest BCUT2D eigenvalue weighted by molar-refractivity contribution is -0.384. The average Bonchev–Trinajstić information content (AvgIpc) is 2.53. The zero-order valence-corrected chi connectivity index (χ0v) is 14.7. The maximum absolute atomic E-state index is 12.9. The normalized spacial score (nSPS) is 12.0. The Kier molecular flexibility index (Phi) is 7.78. The first-order valence-electron chi connectivity index (χ1n) is 7.40. The van der Waals surface area contributed by atoms with Gasteiger partial charge in [-0.05, 0) is 32.4 Å². The lowest BCUT2D eigenvalue weighted by Crippen LogP contribution is -2.11. The van der Waals surface area contributed by atoms with E-state index in [1.54, 1.807) is 20.8 Å². The van der Waals surface area contributed by atoms with Crippen molar-refractivity contribution in [1.29, 1.82) is 0 Å². The van der Waals surface area contributed by atoms with Gasteiger partial charge in [-0.1, -0.05) is 12.1 Å². The predicted molar refractivity (Wildman–Crippen MR) is 88.6 cm³/mol. The summed E-state index contributed by atoms with van der Waals surface area (Å²) in [6.07, 6.45) is 1.23. The molecule has 1 rings (SSSR count). The highest BCUT2D eigenvalue weighted by Gasteiger charge is 2.36. The first-order valence-corrected chi connectivity index (χ1v) is 8.95. The number of non-ortho nitro benzene ring substituents is 1. The molecule has 0 aliphatic carbocycles. The zero-order valence-electron chi connectivity index (χ0n) is 13.8. The number of nitrogens with zero attached hydrogens (tertiary/aromatic N) is 1. The van der Waals surface area contributed by atoms with Gasteiger partial charge in [0.15, 0.2) is 0 Å². The molecular weight excluding hydrogens is 337 g/mol. The van der Waals surface area contributed by atoms with Crippen LogP contribution < -0.4 is 0 Å². The molecule has 0 saturated heterocycles. The Hall–Kier alpha value is -2.02. The Morgan fingerprint density at radius 3 is 2.33 bits per heavy atom. The molecule has 1 aromatic rings. The Bertz CT molecular complexity index is 662. The van der Waals surface area contributed by atoms with Crippen molar-refractivity contribution in [2.75, 3.05) is 19.8 Å². The highest BCUT2D eigenvalue weighted by atomic mass is 31.2. The fraction of sp³-hybridized carbons (Fsp3) is 0.400. The van der Waals surface area contributed by atoms with Crippen LogP contribution in [0.3, 0.4) is 0 Å². The molecule has 132 valence electrons. The first-order chi connectivity index (χ1) is 11.4. The Morgan fingerprint density at radius 1 is 1.21 bits per heavy atom. The molecular formula is C15H20NO7P. The van der Waals surface area contributed by atoms with Gasteiger partial charge in [0.05, 0.1) is 24.7 Å². The SMILES string of the molecule is CCOC(=O)/C(=C/c1cccc([N+](=O)[O-])c1)P(=O)(OCC)OCC. The zero-order chi connectivity index (χ0) is 18.2. The summed E-state index contributed by atoms with van der Waals surface area (Å²) in [7, 11) is -3.90. The van der Waals surface area contributed by atoms with E-state index in [9.17, 15) is 19.5 Å². The fourth-order valence-corrected chi connectivity index (χ4v) is 3.48. The molecule has 24 heavy (non-hydrogen) atoms. The third-order valence-electron chi connectivity index (χ3n) is 2.76. The number of nitro benzene ring substituents is 1. The van der Waals surface area contributed by atoms with Crippen molar-refractivity contribution in [3.05, 3.63) is 45.3 Å². The number of benzene rings is 1. The minimum absolute atomic E-state index is 0.0585. The maximum Gasteiger partial charge on any atom is 0.368 e. The van der Waals surface area contributed by atoms with E-state index in [4.69, 9.17) is 13.8 Å². The second-order valence-corrected chi connectivity index (χ2v) is 6.43. The molecule has 0 unspecified atom stereocenters. The van der Waals surface area contributed by atoms with E-state index in [-0.39, 0.29) is 30.8 Å². The van der Waals surface area contributed by atoms with Crippen molar-refractivity contribution in [1.82, 2.24) is 0 Å². The molecule has 0 saturated carbocycles. The molecule has 8 nitrogen and oxygen atoms in total. The first kappa shape index (κ1) is 20.0. The molecule has 0 aromatic heterocycles. The van der Waals surface area contributed by atoms with Crippen LogP contribution in [0.4, 0.5) is 5.69 Å². The summed E-state index contributed by atoms with van der Waals surface area (Å²) in [6, 6.07) is 5.56. The van der Waals surface area contributed by atoms with Crippen molar-refractivity contribution in [2.45, 2.75) is 20.8 Å². The van der Waals surface area contributed by atoms with E-state index in [1.807, 2.05) is 0 Å². The predicted octanol–water partition coefficient (Wildman–Crippen LogP) is 3.76. The monoisotopic (exact) mass is 357 g/mol. The lowest BCUT2D eigenvalue weighted by Gasteiger charge is -2.19. The summed E-state index contributed by atoms with van der Waals surface area (Å²) in [5.41, 5.74) is 0.154. The van der Waals surface area contributed by atoms with Crippen LogP contribution in [0, 0.1) is 10.1 Å². The van der Waals surface area contributed by atoms with E-state index in [2.05, 4.69) is 0 Å². The molecule has 1 aromatic carbocycles. The van der Waals surface area contributed by atoms with E-state index in [1.165, 1.54) is 30.3 Å². The third-order valence-corrected chi connectivity index (χ3v) is 4.86. The van der Waals surface area contributed by atoms with Gasteiger partial charge in [-0.25, -0.2) is 4.79 Å². The summed E-state index contributed by atoms with van der Waals surface area (Å²) >= 11 is 0. The summed E-state index contributed by atoms with van der Waals surface area (Å²) in [5, 5.41) is 10.6. The van der Waals surface area contributed by atoms with E-state index in [0.29, 0.717) is 5.56 Å². The number of carbonyl (C=O) groups excluding carboxylic acids is 1. The highest BCUT2D eigenvalue weighted by molar-refractivity contribution is 7.60. The van der Waals surface area contributed by atoms with Gasteiger partial charge in [0.2, 0.25) is 0 Å². The van der Waals surface area contributed by atoms with Crippen molar-refractivity contribution >= 4 is 25.3 Å². The molecule has 0 atom stereocenters. The molecule has 0 bridgehead atoms. The number of hydrogen-bond donors (Lipinski definition) is 0. The lowest BCUT2D eigenvalue weighted by atomic mass is 10.2. The Morgan fingerprint density at radius 2 is 1.83 bits per heavy atom. The maximum atomic E-state index is 12.9. The van der Waals surface area contributed by atoms with E-state index in [0.717, 1.165) is 0 Å². The van der Waals surface area contributed by atoms with Crippen LogP contribution in [0.15, 0.2) is 29.6 Å². The molecule has 0 N–H and O–H groups in total. The fourth-order valence-electron chi connectivity index (χ4n) is 1.86. The van der Waals surface area contributed by atoms with Crippen molar-refractivity contribution in [3.8, 4) is 0 Å². The minimum atomic E-state index is -3.90. The molecule has 0 spiro atoms. The quantitative estimate of drug-likeness (QED) is 0.218. The second kappa shape index (κ2) is 9.32. The Balaban J connectivity index is 3.41. The molecule has 0 amide bonds. The van der Waals surface area contributed by atoms with Crippen LogP contribution in [0.25, 0.3) is 6.08 Å².